The maximum absolute atomic E-state index is 11.9. The van der Waals surface area contributed by atoms with E-state index in [0.29, 0.717) is 10.6 Å². The first-order chi connectivity index (χ1) is 9.58. The molecule has 0 atom stereocenters. The highest BCUT2D eigenvalue weighted by molar-refractivity contribution is 6.33. The van der Waals surface area contributed by atoms with Gasteiger partial charge in [-0.15, -0.1) is 0 Å². The van der Waals surface area contributed by atoms with Crippen LogP contribution < -0.4 is 5.43 Å². The Bertz CT molecular complexity index is 665. The summed E-state index contributed by atoms with van der Waals surface area (Å²) in [6, 6.07) is 12.9. The zero-order valence-corrected chi connectivity index (χ0v) is 12.1. The number of aryl methyl sites for hydroxylation is 2. The molecule has 0 unspecified atom stereocenters. The van der Waals surface area contributed by atoms with Crippen molar-refractivity contribution in [3.63, 3.8) is 0 Å². The molecule has 0 aromatic heterocycles. The van der Waals surface area contributed by atoms with E-state index in [1.54, 1.807) is 30.5 Å². The number of nitrogens with zero attached hydrogens (tertiary/aromatic N) is 1. The van der Waals surface area contributed by atoms with Crippen LogP contribution in [0.25, 0.3) is 0 Å². The smallest absolute Gasteiger partial charge is 0.267 e. The molecule has 0 aliphatic carbocycles. The van der Waals surface area contributed by atoms with Gasteiger partial charge in [-0.05, 0) is 37.1 Å². The number of hydrazone groups is 1. The van der Waals surface area contributed by atoms with Crippen LogP contribution in [0, 0.1) is 13.8 Å². The second-order valence-electron chi connectivity index (χ2n) is 4.54. The molecule has 4 heteroatoms. The van der Waals surface area contributed by atoms with Crippen molar-refractivity contribution in [3.8, 4) is 0 Å². The minimum absolute atomic E-state index is 0.323. The third-order valence-corrected chi connectivity index (χ3v) is 3.24. The van der Waals surface area contributed by atoms with Crippen LogP contribution in [0.15, 0.2) is 47.6 Å². The highest BCUT2D eigenvalue weighted by Gasteiger charge is 2.07. The topological polar surface area (TPSA) is 41.5 Å². The summed E-state index contributed by atoms with van der Waals surface area (Å²) in [7, 11) is 0. The number of nitrogens with one attached hydrogen (secondary N) is 1. The molecule has 1 amide bonds. The van der Waals surface area contributed by atoms with E-state index in [2.05, 4.69) is 16.6 Å². The van der Waals surface area contributed by atoms with E-state index in [1.165, 1.54) is 5.56 Å². The van der Waals surface area contributed by atoms with Gasteiger partial charge in [-0.3, -0.25) is 4.79 Å². The van der Waals surface area contributed by atoms with Gasteiger partial charge in [0.05, 0.1) is 16.8 Å². The van der Waals surface area contributed by atoms with Gasteiger partial charge in [-0.25, -0.2) is 5.43 Å². The largest absolute Gasteiger partial charge is 0.272 e. The third kappa shape index (κ3) is 3.45. The molecule has 1 N–H and O–H groups in total. The fourth-order valence-corrected chi connectivity index (χ4v) is 2.06. The molecule has 0 bridgehead atoms. The molecule has 2 rings (SSSR count). The van der Waals surface area contributed by atoms with Crippen molar-refractivity contribution in [2.45, 2.75) is 13.8 Å². The summed E-state index contributed by atoms with van der Waals surface area (Å²) < 4.78 is 0. The first kappa shape index (κ1) is 14.3. The lowest BCUT2D eigenvalue weighted by Crippen LogP contribution is -2.18. The van der Waals surface area contributed by atoms with Gasteiger partial charge in [-0.1, -0.05) is 47.5 Å². The van der Waals surface area contributed by atoms with Gasteiger partial charge in [0.25, 0.3) is 5.91 Å². The van der Waals surface area contributed by atoms with Crippen LogP contribution in [0.5, 0.6) is 0 Å². The van der Waals surface area contributed by atoms with Crippen LogP contribution >= 0.6 is 11.6 Å². The van der Waals surface area contributed by atoms with E-state index >= 15 is 0 Å². The van der Waals surface area contributed by atoms with E-state index in [1.807, 2.05) is 26.0 Å². The average Bonchev–Trinajstić information content (AvgIpc) is 2.41. The molecule has 0 saturated carbocycles. The number of amides is 1. The molecular weight excluding hydrogens is 272 g/mol. The average molecular weight is 287 g/mol. The molecule has 0 fully saturated rings. The zero-order valence-electron chi connectivity index (χ0n) is 11.4. The van der Waals surface area contributed by atoms with Crippen LogP contribution in [-0.2, 0) is 0 Å². The van der Waals surface area contributed by atoms with Gasteiger partial charge in [-0.2, -0.15) is 5.10 Å². The Morgan fingerprint density at radius 1 is 1.20 bits per heavy atom. The molecule has 102 valence electrons. The zero-order chi connectivity index (χ0) is 14.5. The molecule has 0 heterocycles. The predicted molar refractivity (Wildman–Crippen MR) is 82.4 cm³/mol. The van der Waals surface area contributed by atoms with E-state index in [-0.39, 0.29) is 5.91 Å². The standard InChI is InChI=1S/C16H15ClN2O/c1-11-7-8-13(12(2)9-11)10-18-19-16(20)14-5-3-4-6-15(14)17/h3-10H,1-2H3,(H,19,20)/b18-10-. The molecular formula is C16H15ClN2O. The van der Waals surface area contributed by atoms with Crippen molar-refractivity contribution in [2.75, 3.05) is 0 Å². The predicted octanol–water partition coefficient (Wildman–Crippen LogP) is 3.72. The Labute approximate surface area is 123 Å². The second-order valence-corrected chi connectivity index (χ2v) is 4.95. The highest BCUT2D eigenvalue weighted by atomic mass is 35.5. The van der Waals surface area contributed by atoms with Crippen molar-refractivity contribution < 1.29 is 4.79 Å². The highest BCUT2D eigenvalue weighted by Crippen LogP contribution is 2.14. The van der Waals surface area contributed by atoms with E-state index in [4.69, 9.17) is 11.6 Å². The maximum atomic E-state index is 11.9. The van der Waals surface area contributed by atoms with Crippen molar-refractivity contribution >= 4 is 23.7 Å². The molecule has 0 aliphatic heterocycles. The van der Waals surface area contributed by atoms with Crippen LogP contribution in [0.4, 0.5) is 0 Å². The number of rotatable bonds is 3. The number of benzene rings is 2. The molecule has 3 nitrogen and oxygen atoms in total. The van der Waals surface area contributed by atoms with Gasteiger partial charge in [0, 0.05) is 0 Å². The summed E-state index contributed by atoms with van der Waals surface area (Å²) in [5, 5.41) is 4.38. The summed E-state index contributed by atoms with van der Waals surface area (Å²) >= 11 is 5.94. The normalized spacial score (nSPS) is 10.8. The summed E-state index contributed by atoms with van der Waals surface area (Å²) in [5.41, 5.74) is 6.16. The third-order valence-electron chi connectivity index (χ3n) is 2.91. The summed E-state index contributed by atoms with van der Waals surface area (Å²) in [6.07, 6.45) is 1.63. The monoisotopic (exact) mass is 286 g/mol. The number of halogens is 1. The van der Waals surface area contributed by atoms with Gasteiger partial charge in [0.2, 0.25) is 0 Å². The van der Waals surface area contributed by atoms with E-state index < -0.39 is 0 Å². The lowest BCUT2D eigenvalue weighted by atomic mass is 10.1. The Hall–Kier alpha value is -2.13. The fraction of sp³-hybridized carbons (Fsp3) is 0.125. The molecule has 2 aromatic rings. The first-order valence-electron chi connectivity index (χ1n) is 6.23. The van der Waals surface area contributed by atoms with Crippen LogP contribution in [0.1, 0.15) is 27.0 Å². The number of carbonyl (C=O) groups excluding carboxylic acids is 1. The molecule has 0 radical (unpaired) electrons. The van der Waals surface area contributed by atoms with Gasteiger partial charge in [0.1, 0.15) is 0 Å². The molecule has 2 aromatic carbocycles. The van der Waals surface area contributed by atoms with Gasteiger partial charge >= 0.3 is 0 Å². The van der Waals surface area contributed by atoms with Crippen LogP contribution in [0.3, 0.4) is 0 Å². The van der Waals surface area contributed by atoms with Crippen molar-refractivity contribution in [1.29, 1.82) is 0 Å². The van der Waals surface area contributed by atoms with Gasteiger partial charge in [0.15, 0.2) is 0 Å². The summed E-state index contributed by atoms with van der Waals surface area (Å²) in [5.74, 6) is -0.323. The number of carbonyl (C=O) groups is 1. The van der Waals surface area contributed by atoms with Crippen LogP contribution in [0.2, 0.25) is 5.02 Å². The quantitative estimate of drug-likeness (QED) is 0.678. The maximum Gasteiger partial charge on any atom is 0.272 e. The Balaban J connectivity index is 2.07. The van der Waals surface area contributed by atoms with Crippen molar-refractivity contribution in [3.05, 3.63) is 69.7 Å². The van der Waals surface area contributed by atoms with Crippen molar-refractivity contribution in [2.24, 2.45) is 5.10 Å². The summed E-state index contributed by atoms with van der Waals surface area (Å²) in [6.45, 7) is 4.04. The Morgan fingerprint density at radius 2 is 1.95 bits per heavy atom. The lowest BCUT2D eigenvalue weighted by molar-refractivity contribution is 0.0955. The first-order valence-corrected chi connectivity index (χ1v) is 6.61. The minimum Gasteiger partial charge on any atom is -0.267 e. The molecule has 0 spiro atoms. The van der Waals surface area contributed by atoms with Gasteiger partial charge < -0.3 is 0 Å². The SMILES string of the molecule is Cc1ccc(/C=N\NC(=O)c2ccccc2Cl)c(C)c1. The van der Waals surface area contributed by atoms with Crippen LogP contribution in [-0.4, -0.2) is 12.1 Å². The molecule has 20 heavy (non-hydrogen) atoms. The second kappa shape index (κ2) is 6.35. The molecule has 0 saturated heterocycles. The Kier molecular flexibility index (Phi) is 4.53. The van der Waals surface area contributed by atoms with E-state index in [0.717, 1.165) is 11.1 Å². The fourth-order valence-electron chi connectivity index (χ4n) is 1.84. The summed E-state index contributed by atoms with van der Waals surface area (Å²) in [4.78, 5) is 11.9. The van der Waals surface area contributed by atoms with Crippen molar-refractivity contribution in [1.82, 2.24) is 5.43 Å². The minimum atomic E-state index is -0.323. The molecule has 0 aliphatic rings. The number of hydrogen-bond acceptors (Lipinski definition) is 2. The lowest BCUT2D eigenvalue weighted by Gasteiger charge is -2.03. The Morgan fingerprint density at radius 3 is 2.65 bits per heavy atom. The van der Waals surface area contributed by atoms with E-state index in [9.17, 15) is 4.79 Å². The number of hydrogen-bond donors (Lipinski definition) is 1.